The van der Waals surface area contributed by atoms with Crippen molar-refractivity contribution in [3.8, 4) is 11.4 Å². The van der Waals surface area contributed by atoms with Gasteiger partial charge in [0, 0.05) is 26.2 Å². The molecule has 0 spiro atoms. The highest BCUT2D eigenvalue weighted by molar-refractivity contribution is 6.36. The number of H-pyrrole nitrogens is 1. The molecule has 0 bridgehead atoms. The first-order valence-electron chi connectivity index (χ1n) is 7.71. The van der Waals surface area contributed by atoms with Gasteiger partial charge in [-0.3, -0.25) is 5.41 Å². The molecule has 0 aliphatic heterocycles. The number of aromatic nitrogens is 4. The van der Waals surface area contributed by atoms with Crippen molar-refractivity contribution in [2.45, 2.75) is 6.54 Å². The van der Waals surface area contributed by atoms with E-state index in [-0.39, 0.29) is 5.49 Å². The van der Waals surface area contributed by atoms with Crippen molar-refractivity contribution in [1.82, 2.24) is 19.5 Å². The maximum Gasteiger partial charge on any atom is 0.173 e. The topological polar surface area (TPSA) is 70.3 Å². The molecule has 0 saturated heterocycles. The minimum Gasteiger partial charge on any atom is -0.334 e. The lowest BCUT2D eigenvalue weighted by atomic mass is 10.2. The molecule has 2 N–H and O–H groups in total. The highest BCUT2D eigenvalue weighted by atomic mass is 35.5. The Bertz CT molecular complexity index is 1160. The Kier molecular flexibility index (Phi) is 4.44. The van der Waals surface area contributed by atoms with Crippen molar-refractivity contribution < 1.29 is 0 Å². The first-order chi connectivity index (χ1) is 12.5. The summed E-state index contributed by atoms with van der Waals surface area (Å²) in [5.41, 5.74) is 2.84. The van der Waals surface area contributed by atoms with Gasteiger partial charge in [-0.2, -0.15) is 0 Å². The van der Waals surface area contributed by atoms with Crippen LogP contribution in [0, 0.1) is 5.41 Å². The third-order valence-corrected chi connectivity index (χ3v) is 4.95. The zero-order valence-electron chi connectivity index (χ0n) is 13.3. The third-order valence-electron chi connectivity index (χ3n) is 4.01. The van der Waals surface area contributed by atoms with Gasteiger partial charge in [0.15, 0.2) is 11.1 Å². The smallest absolute Gasteiger partial charge is 0.173 e. The molecule has 8 heteroatoms. The van der Waals surface area contributed by atoms with Crippen LogP contribution in [0.25, 0.3) is 22.6 Å². The van der Waals surface area contributed by atoms with Crippen molar-refractivity contribution in [1.29, 1.82) is 5.41 Å². The fraction of sp³-hybridized carbons (Fsp3) is 0.0556. The van der Waals surface area contributed by atoms with E-state index in [2.05, 4.69) is 15.0 Å². The van der Waals surface area contributed by atoms with Crippen molar-refractivity contribution in [3.05, 3.63) is 74.9 Å². The van der Waals surface area contributed by atoms with Crippen LogP contribution < -0.4 is 5.49 Å². The van der Waals surface area contributed by atoms with Gasteiger partial charge in [0.05, 0.1) is 12.9 Å². The van der Waals surface area contributed by atoms with Gasteiger partial charge in [-0.05, 0) is 24.3 Å². The lowest BCUT2D eigenvalue weighted by molar-refractivity contribution is 0.784. The Morgan fingerprint density at radius 1 is 1.04 bits per heavy atom. The maximum atomic E-state index is 8.07. The Morgan fingerprint density at radius 2 is 1.77 bits per heavy atom. The Hall–Kier alpha value is -2.34. The number of aromatic amines is 1. The van der Waals surface area contributed by atoms with E-state index in [9.17, 15) is 0 Å². The van der Waals surface area contributed by atoms with E-state index in [1.807, 2.05) is 22.8 Å². The summed E-state index contributed by atoms with van der Waals surface area (Å²) in [6.45, 7) is 0.391. The molecule has 2 heterocycles. The number of imidazole rings is 1. The van der Waals surface area contributed by atoms with E-state index in [1.54, 1.807) is 30.6 Å². The average molecular weight is 405 g/mol. The van der Waals surface area contributed by atoms with E-state index in [0.29, 0.717) is 38.6 Å². The Labute approximate surface area is 163 Å². The maximum absolute atomic E-state index is 8.07. The third kappa shape index (κ3) is 3.09. The number of fused-ring (bicyclic) bond motifs is 1. The molecular weight excluding hydrogens is 393 g/mol. The van der Waals surface area contributed by atoms with Gasteiger partial charge in [0.25, 0.3) is 0 Å². The molecule has 0 radical (unpaired) electrons. The summed E-state index contributed by atoms with van der Waals surface area (Å²) < 4.78 is 1.81. The number of rotatable bonds is 3. The number of nitrogens with one attached hydrogen (secondary N) is 2. The normalized spacial score (nSPS) is 11.2. The second-order valence-electron chi connectivity index (χ2n) is 5.72. The van der Waals surface area contributed by atoms with Crippen molar-refractivity contribution >= 4 is 46.0 Å². The number of hydrogen-bond donors (Lipinski definition) is 2. The second kappa shape index (κ2) is 6.76. The van der Waals surface area contributed by atoms with Crippen LogP contribution in [-0.4, -0.2) is 19.5 Å². The molecule has 0 aliphatic carbocycles. The quantitative estimate of drug-likeness (QED) is 0.509. The predicted octanol–water partition coefficient (Wildman–Crippen LogP) is 4.91. The Morgan fingerprint density at radius 3 is 2.50 bits per heavy atom. The predicted molar refractivity (Wildman–Crippen MR) is 104 cm³/mol. The second-order valence-corrected chi connectivity index (χ2v) is 6.97. The molecule has 2 aromatic carbocycles. The minimum atomic E-state index is 0.113. The fourth-order valence-electron chi connectivity index (χ4n) is 2.73. The van der Waals surface area contributed by atoms with Crippen LogP contribution in [-0.2, 0) is 6.54 Å². The van der Waals surface area contributed by atoms with Gasteiger partial charge < -0.3 is 9.55 Å². The first kappa shape index (κ1) is 17.1. The summed E-state index contributed by atoms with van der Waals surface area (Å²) in [5, 5.41) is 9.82. The summed E-state index contributed by atoms with van der Waals surface area (Å²) in [6.07, 6.45) is 1.56. The van der Waals surface area contributed by atoms with Crippen molar-refractivity contribution in [2.75, 3.05) is 0 Å². The van der Waals surface area contributed by atoms with Gasteiger partial charge >= 0.3 is 0 Å². The molecule has 4 aromatic rings. The van der Waals surface area contributed by atoms with Gasteiger partial charge in [0.2, 0.25) is 0 Å². The van der Waals surface area contributed by atoms with Crippen LogP contribution >= 0.6 is 34.8 Å². The molecule has 0 saturated carbocycles. The summed E-state index contributed by atoms with van der Waals surface area (Å²) in [6, 6.07) is 12.7. The van der Waals surface area contributed by atoms with E-state index in [4.69, 9.17) is 40.2 Å². The highest BCUT2D eigenvalue weighted by Gasteiger charge is 2.13. The van der Waals surface area contributed by atoms with Crippen LogP contribution in [0.1, 0.15) is 5.56 Å². The van der Waals surface area contributed by atoms with Crippen LogP contribution in [0.3, 0.4) is 0 Å². The lowest BCUT2D eigenvalue weighted by Crippen LogP contribution is -2.13. The van der Waals surface area contributed by atoms with Crippen LogP contribution in [0.4, 0.5) is 0 Å². The van der Waals surface area contributed by atoms with E-state index in [0.717, 1.165) is 11.1 Å². The highest BCUT2D eigenvalue weighted by Crippen LogP contribution is 2.26. The molecule has 0 fully saturated rings. The van der Waals surface area contributed by atoms with E-state index >= 15 is 0 Å². The molecule has 26 heavy (non-hydrogen) atoms. The fourth-order valence-corrected chi connectivity index (χ4v) is 3.43. The van der Waals surface area contributed by atoms with Crippen LogP contribution in [0.5, 0.6) is 0 Å². The van der Waals surface area contributed by atoms with E-state index in [1.165, 1.54) is 0 Å². The first-order valence-corrected chi connectivity index (χ1v) is 8.85. The molecule has 0 unspecified atom stereocenters. The lowest BCUT2D eigenvalue weighted by Gasteiger charge is -2.10. The molecule has 2 aromatic heterocycles. The van der Waals surface area contributed by atoms with Crippen LogP contribution in [0.15, 0.2) is 48.8 Å². The van der Waals surface area contributed by atoms with Crippen LogP contribution in [0.2, 0.25) is 15.1 Å². The zero-order chi connectivity index (χ0) is 18.3. The van der Waals surface area contributed by atoms with Gasteiger partial charge in [-0.1, -0.05) is 53.0 Å². The number of benzene rings is 2. The number of hydrogen-bond acceptors (Lipinski definition) is 3. The number of nitrogens with zero attached hydrogens (tertiary/aromatic N) is 3. The summed E-state index contributed by atoms with van der Waals surface area (Å²) in [5.74, 6) is 0.614. The molecular formula is C18H12Cl3N5. The van der Waals surface area contributed by atoms with E-state index < -0.39 is 0 Å². The molecule has 130 valence electrons. The van der Waals surface area contributed by atoms with Crippen molar-refractivity contribution in [2.24, 2.45) is 0 Å². The largest absolute Gasteiger partial charge is 0.334 e. The Balaban J connectivity index is 1.86. The standard InChI is InChI=1S/C18H12Cl3N5/c19-11-4-1-3-10(7-11)17-24-15-16(22)23-9-26(18(15)25-17)8-12-13(20)5-2-6-14(12)21/h1-7,9,22H,8H2,(H,24,25). The van der Waals surface area contributed by atoms with Gasteiger partial charge in [-0.15, -0.1) is 0 Å². The minimum absolute atomic E-state index is 0.113. The SMILES string of the molecule is N=c1ncn(Cc2c(Cl)cccc2Cl)c2nc(-c3cccc(Cl)c3)[nH]c12. The molecule has 4 rings (SSSR count). The summed E-state index contributed by atoms with van der Waals surface area (Å²) >= 11 is 18.6. The molecule has 0 amide bonds. The average Bonchev–Trinajstić information content (AvgIpc) is 3.07. The van der Waals surface area contributed by atoms with Gasteiger partial charge in [-0.25, -0.2) is 9.97 Å². The summed E-state index contributed by atoms with van der Waals surface area (Å²) in [7, 11) is 0. The number of halogens is 3. The summed E-state index contributed by atoms with van der Waals surface area (Å²) in [4.78, 5) is 11.9. The van der Waals surface area contributed by atoms with Gasteiger partial charge in [0.1, 0.15) is 11.3 Å². The molecule has 0 aliphatic rings. The molecule has 5 nitrogen and oxygen atoms in total. The van der Waals surface area contributed by atoms with Crippen molar-refractivity contribution in [3.63, 3.8) is 0 Å². The zero-order valence-corrected chi connectivity index (χ0v) is 15.6. The molecule has 0 atom stereocenters. The monoisotopic (exact) mass is 403 g/mol.